The lowest BCUT2D eigenvalue weighted by Crippen LogP contribution is -2.38. The van der Waals surface area contributed by atoms with Gasteiger partial charge in [0.15, 0.2) is 10.8 Å². The highest BCUT2D eigenvalue weighted by Gasteiger charge is 2.22. The molecule has 2 atom stereocenters. The van der Waals surface area contributed by atoms with Crippen LogP contribution in [0.2, 0.25) is 0 Å². The molecule has 1 aliphatic rings. The van der Waals surface area contributed by atoms with Gasteiger partial charge in [-0.3, -0.25) is 4.90 Å². The number of piperidine rings is 1. The van der Waals surface area contributed by atoms with Crippen LogP contribution in [0, 0.1) is 11.8 Å². The average Bonchev–Trinajstić information content (AvgIpc) is 2.87. The summed E-state index contributed by atoms with van der Waals surface area (Å²) < 4.78 is 0. The van der Waals surface area contributed by atoms with Gasteiger partial charge in [0.25, 0.3) is 0 Å². The van der Waals surface area contributed by atoms with Crippen LogP contribution < -0.4 is 0 Å². The Morgan fingerprint density at radius 1 is 1.20 bits per heavy atom. The molecule has 2 aromatic rings. The van der Waals surface area contributed by atoms with Gasteiger partial charge in [-0.1, -0.05) is 13.8 Å². The molecule has 0 N–H and O–H groups in total. The molecule has 2 aromatic heterocycles. The molecule has 20 heavy (non-hydrogen) atoms. The van der Waals surface area contributed by atoms with E-state index in [-0.39, 0.29) is 0 Å². The highest BCUT2D eigenvalue weighted by Crippen LogP contribution is 2.24. The Balaban J connectivity index is 1.68. The van der Waals surface area contributed by atoms with Crippen LogP contribution >= 0.6 is 11.3 Å². The van der Waals surface area contributed by atoms with Crippen LogP contribution in [-0.2, 0) is 6.54 Å². The van der Waals surface area contributed by atoms with Gasteiger partial charge in [-0.2, -0.15) is 0 Å². The Bertz CT molecular complexity index is 544. The van der Waals surface area contributed by atoms with E-state index < -0.39 is 0 Å². The van der Waals surface area contributed by atoms with Crippen LogP contribution in [0.4, 0.5) is 0 Å². The number of rotatable bonds is 3. The van der Waals surface area contributed by atoms with E-state index in [0.29, 0.717) is 0 Å². The number of likely N-dealkylation sites (tertiary alicyclic amines) is 1. The van der Waals surface area contributed by atoms with E-state index in [2.05, 4.69) is 39.1 Å². The maximum absolute atomic E-state index is 4.68. The van der Waals surface area contributed by atoms with Crippen molar-refractivity contribution in [1.29, 1.82) is 0 Å². The fourth-order valence-corrected chi connectivity index (χ4v) is 3.80. The van der Waals surface area contributed by atoms with Crippen LogP contribution in [0.1, 0.15) is 26.0 Å². The van der Waals surface area contributed by atoms with Gasteiger partial charge in [-0.15, -0.1) is 11.3 Å². The summed E-state index contributed by atoms with van der Waals surface area (Å²) in [7, 11) is 0. The van der Waals surface area contributed by atoms with Crippen LogP contribution in [-0.4, -0.2) is 32.9 Å². The number of hydrogen-bond donors (Lipinski definition) is 0. The second-order valence-corrected chi connectivity index (χ2v) is 6.71. The molecule has 0 aromatic carbocycles. The van der Waals surface area contributed by atoms with Gasteiger partial charge in [0.1, 0.15) is 0 Å². The number of nitrogens with zero attached hydrogens (tertiary/aromatic N) is 4. The van der Waals surface area contributed by atoms with E-state index in [1.54, 1.807) is 23.7 Å². The summed E-state index contributed by atoms with van der Waals surface area (Å²) in [6.07, 6.45) is 4.87. The zero-order valence-corrected chi connectivity index (χ0v) is 12.8. The highest BCUT2D eigenvalue weighted by molar-refractivity contribution is 7.13. The van der Waals surface area contributed by atoms with Crippen molar-refractivity contribution in [2.24, 2.45) is 11.8 Å². The Labute approximate surface area is 123 Å². The quantitative estimate of drug-likeness (QED) is 0.870. The van der Waals surface area contributed by atoms with Crippen LogP contribution in [0.15, 0.2) is 23.8 Å². The summed E-state index contributed by atoms with van der Waals surface area (Å²) >= 11 is 1.63. The van der Waals surface area contributed by atoms with E-state index in [4.69, 9.17) is 0 Å². The van der Waals surface area contributed by atoms with Crippen LogP contribution in [0.3, 0.4) is 0 Å². The Morgan fingerprint density at radius 3 is 2.60 bits per heavy atom. The topological polar surface area (TPSA) is 41.9 Å². The van der Waals surface area contributed by atoms with Crippen molar-refractivity contribution in [3.8, 4) is 10.8 Å². The Hall–Kier alpha value is -1.33. The monoisotopic (exact) mass is 288 g/mol. The molecule has 4 nitrogen and oxygen atoms in total. The van der Waals surface area contributed by atoms with Crippen molar-refractivity contribution >= 4 is 11.3 Å². The molecule has 3 rings (SSSR count). The maximum atomic E-state index is 4.68. The Kier molecular flexibility index (Phi) is 4.08. The molecule has 1 fully saturated rings. The molecule has 5 heteroatoms. The van der Waals surface area contributed by atoms with Crippen molar-refractivity contribution in [3.05, 3.63) is 29.5 Å². The van der Waals surface area contributed by atoms with Gasteiger partial charge >= 0.3 is 0 Å². The van der Waals surface area contributed by atoms with Gasteiger partial charge in [0.05, 0.1) is 5.69 Å². The molecule has 106 valence electrons. The molecule has 0 radical (unpaired) electrons. The summed E-state index contributed by atoms with van der Waals surface area (Å²) in [6, 6.07) is 1.83. The highest BCUT2D eigenvalue weighted by atomic mass is 32.1. The normalized spacial score (nSPS) is 23.9. The summed E-state index contributed by atoms with van der Waals surface area (Å²) in [4.78, 5) is 15.7. The molecule has 0 saturated carbocycles. The Morgan fingerprint density at radius 2 is 1.90 bits per heavy atom. The van der Waals surface area contributed by atoms with Crippen molar-refractivity contribution in [2.45, 2.75) is 26.8 Å². The predicted octanol–water partition coefficient (Wildman–Crippen LogP) is 3.08. The van der Waals surface area contributed by atoms with Gasteiger partial charge in [0.2, 0.25) is 0 Å². The minimum absolute atomic E-state index is 0.726. The smallest absolute Gasteiger partial charge is 0.188 e. The largest absolute Gasteiger partial charge is 0.297 e. The SMILES string of the molecule is C[C@@H]1C[C@H](C)CN(Cc2csc(-c3ncccn3)n2)C1. The van der Waals surface area contributed by atoms with Gasteiger partial charge < -0.3 is 0 Å². The third-order valence-corrected chi connectivity index (χ3v) is 4.53. The second-order valence-electron chi connectivity index (χ2n) is 5.86. The van der Waals surface area contributed by atoms with E-state index in [1.165, 1.54) is 19.5 Å². The van der Waals surface area contributed by atoms with E-state index >= 15 is 0 Å². The molecule has 3 heterocycles. The summed E-state index contributed by atoms with van der Waals surface area (Å²) in [6.45, 7) is 7.98. The third kappa shape index (κ3) is 3.22. The molecular weight excluding hydrogens is 268 g/mol. The average molecular weight is 288 g/mol. The van der Waals surface area contributed by atoms with E-state index in [9.17, 15) is 0 Å². The van der Waals surface area contributed by atoms with Crippen molar-refractivity contribution in [2.75, 3.05) is 13.1 Å². The molecule has 1 saturated heterocycles. The van der Waals surface area contributed by atoms with Gasteiger partial charge in [-0.05, 0) is 24.3 Å². The lowest BCUT2D eigenvalue weighted by atomic mass is 9.92. The molecule has 0 bridgehead atoms. The summed E-state index contributed by atoms with van der Waals surface area (Å²) in [5, 5.41) is 3.05. The number of aromatic nitrogens is 3. The fourth-order valence-electron chi connectivity index (χ4n) is 3.04. The molecule has 0 unspecified atom stereocenters. The first-order chi connectivity index (χ1) is 9.70. The maximum Gasteiger partial charge on any atom is 0.188 e. The number of hydrogen-bond acceptors (Lipinski definition) is 5. The molecule has 0 aliphatic carbocycles. The van der Waals surface area contributed by atoms with E-state index in [1.807, 2.05) is 6.07 Å². The minimum atomic E-state index is 0.726. The first-order valence-electron chi connectivity index (χ1n) is 7.15. The standard InChI is InChI=1S/C15H20N4S/c1-11-6-12(2)8-19(7-11)9-13-10-20-15(18-13)14-16-4-3-5-17-14/h3-5,10-12H,6-9H2,1-2H3/t11-,12+. The molecule has 0 amide bonds. The lowest BCUT2D eigenvalue weighted by Gasteiger charge is -2.34. The van der Waals surface area contributed by atoms with Crippen molar-refractivity contribution < 1.29 is 0 Å². The molecule has 0 spiro atoms. The van der Waals surface area contributed by atoms with Gasteiger partial charge in [0, 0.05) is 37.4 Å². The third-order valence-electron chi connectivity index (χ3n) is 3.64. The van der Waals surface area contributed by atoms with Crippen LogP contribution in [0.5, 0.6) is 0 Å². The van der Waals surface area contributed by atoms with Crippen molar-refractivity contribution in [3.63, 3.8) is 0 Å². The first kappa shape index (κ1) is 13.6. The van der Waals surface area contributed by atoms with E-state index in [0.717, 1.165) is 34.9 Å². The molecular formula is C15H20N4S. The number of thiazole rings is 1. The predicted molar refractivity (Wildman–Crippen MR) is 81.4 cm³/mol. The van der Waals surface area contributed by atoms with Gasteiger partial charge in [-0.25, -0.2) is 15.0 Å². The lowest BCUT2D eigenvalue weighted by molar-refractivity contribution is 0.133. The first-order valence-corrected chi connectivity index (χ1v) is 8.03. The zero-order valence-electron chi connectivity index (χ0n) is 12.0. The molecule has 1 aliphatic heterocycles. The summed E-state index contributed by atoms with van der Waals surface area (Å²) in [5.41, 5.74) is 1.14. The fraction of sp³-hybridized carbons (Fsp3) is 0.533. The van der Waals surface area contributed by atoms with Crippen molar-refractivity contribution in [1.82, 2.24) is 19.9 Å². The minimum Gasteiger partial charge on any atom is -0.297 e. The summed E-state index contributed by atoms with van der Waals surface area (Å²) in [5.74, 6) is 2.30. The zero-order chi connectivity index (χ0) is 13.9. The second kappa shape index (κ2) is 5.97. The van der Waals surface area contributed by atoms with Crippen LogP contribution in [0.25, 0.3) is 10.8 Å².